The number of anilines is 1. The number of amides is 2. The summed E-state index contributed by atoms with van der Waals surface area (Å²) in [7, 11) is 4.84. The third kappa shape index (κ3) is 8.11. The molecule has 2 heterocycles. The monoisotopic (exact) mass is 574 g/mol. The summed E-state index contributed by atoms with van der Waals surface area (Å²) in [6.07, 6.45) is 3.07. The van der Waals surface area contributed by atoms with Crippen molar-refractivity contribution in [2.75, 3.05) is 26.2 Å². The summed E-state index contributed by atoms with van der Waals surface area (Å²) in [6, 6.07) is 3.98. The second kappa shape index (κ2) is 14.3. The van der Waals surface area contributed by atoms with Crippen LogP contribution in [0.5, 0.6) is 5.75 Å². The number of alkyl carbamates (subject to hydrolysis) is 1. The number of fused-ring (bicyclic) bond motifs is 4. The molecule has 230 valence electrons. The van der Waals surface area contributed by atoms with Crippen molar-refractivity contribution in [1.82, 2.24) is 5.32 Å². The third-order valence-corrected chi connectivity index (χ3v) is 8.45. The van der Waals surface area contributed by atoms with Crippen LogP contribution in [0.4, 0.5) is 10.5 Å². The van der Waals surface area contributed by atoms with E-state index >= 15 is 0 Å². The van der Waals surface area contributed by atoms with Crippen LogP contribution in [0.3, 0.4) is 0 Å². The fraction of sp³-hybridized carbons (Fsp3) is 0.625. The van der Waals surface area contributed by atoms with E-state index < -0.39 is 35.5 Å². The van der Waals surface area contributed by atoms with Gasteiger partial charge in [-0.1, -0.05) is 58.4 Å². The fourth-order valence-electron chi connectivity index (χ4n) is 5.32. The standard InChI is InChI=1S/C30H44N2O7.C2H6/c1-18-10-9-11-26(38-8)30(36)17-22(39-28(35)31-30)16-25(33)29(4,5)19(2)13-27(34)32(6)23-14-21(12-18)15-24(37-7)20(23)3;1-2/h9-11,14-15,19,22,25-26,33,36H,12-13,16-17H2,1-8H3,(H,31,35);1-2H3/b11-9+,18-10+;/t19-,22?,25?,26+,30-;/m0./s1. The number of methoxy groups -OCH3 is 2. The van der Waals surface area contributed by atoms with Gasteiger partial charge in [-0.2, -0.15) is 0 Å². The number of nitrogens with zero attached hydrogens (tertiary/aromatic N) is 1. The number of carbonyl (C=O) groups excluding carboxylic acids is 2. The molecule has 0 radical (unpaired) electrons. The van der Waals surface area contributed by atoms with Crippen LogP contribution in [0.2, 0.25) is 0 Å². The number of allylic oxidation sites excluding steroid dienone is 3. The van der Waals surface area contributed by atoms with Gasteiger partial charge in [-0.15, -0.1) is 0 Å². The SMILES string of the molecule is CC.COc1cc2cc(c1C)N(C)C(=O)C[C@H](C)C(C)(C)C(O)CC1C[C@@](O)(NC(=O)O1)[C@H](OC)/C=C/C=C(\C)C2. The van der Waals surface area contributed by atoms with E-state index in [0.717, 1.165) is 22.4 Å². The molecule has 0 aromatic heterocycles. The smallest absolute Gasteiger partial charge is 0.409 e. The van der Waals surface area contributed by atoms with E-state index in [1.807, 2.05) is 66.7 Å². The molecule has 0 saturated carbocycles. The Morgan fingerprint density at radius 1 is 1.15 bits per heavy atom. The van der Waals surface area contributed by atoms with Crippen LogP contribution in [-0.4, -0.2) is 67.5 Å². The summed E-state index contributed by atoms with van der Waals surface area (Å²) >= 11 is 0. The van der Waals surface area contributed by atoms with Gasteiger partial charge in [0.2, 0.25) is 5.91 Å². The molecule has 9 nitrogen and oxygen atoms in total. The molecule has 1 saturated heterocycles. The van der Waals surface area contributed by atoms with E-state index in [1.165, 1.54) is 7.11 Å². The Kier molecular flexibility index (Phi) is 12.0. The van der Waals surface area contributed by atoms with Gasteiger partial charge in [0.15, 0.2) is 5.72 Å². The lowest BCUT2D eigenvalue weighted by Crippen LogP contribution is -2.63. The predicted molar refractivity (Wildman–Crippen MR) is 161 cm³/mol. The maximum absolute atomic E-state index is 13.5. The van der Waals surface area contributed by atoms with Crippen LogP contribution in [0.25, 0.3) is 0 Å². The number of hydrogen-bond donors (Lipinski definition) is 3. The highest BCUT2D eigenvalue weighted by Crippen LogP contribution is 2.38. The molecule has 1 aromatic rings. The van der Waals surface area contributed by atoms with Gasteiger partial charge in [-0.25, -0.2) is 4.79 Å². The van der Waals surface area contributed by atoms with Crippen molar-refractivity contribution < 1.29 is 34.0 Å². The van der Waals surface area contributed by atoms with Crippen LogP contribution in [-0.2, 0) is 20.7 Å². The summed E-state index contributed by atoms with van der Waals surface area (Å²) in [4.78, 5) is 27.5. The van der Waals surface area contributed by atoms with E-state index in [9.17, 15) is 19.8 Å². The number of aliphatic hydroxyl groups excluding tert-OH is 1. The Morgan fingerprint density at radius 3 is 2.41 bits per heavy atom. The highest BCUT2D eigenvalue weighted by molar-refractivity contribution is 5.94. The van der Waals surface area contributed by atoms with Gasteiger partial charge in [0.1, 0.15) is 18.0 Å². The first kappa shape index (κ1) is 34.3. The van der Waals surface area contributed by atoms with Gasteiger partial charge in [0.25, 0.3) is 0 Å². The zero-order valence-corrected chi connectivity index (χ0v) is 26.4. The first-order chi connectivity index (χ1) is 19.2. The summed E-state index contributed by atoms with van der Waals surface area (Å²) in [6.45, 7) is 13.7. The predicted octanol–water partition coefficient (Wildman–Crippen LogP) is 5.06. The quantitative estimate of drug-likeness (QED) is 0.452. The second-order valence-electron chi connectivity index (χ2n) is 11.6. The average Bonchev–Trinajstić information content (AvgIpc) is 2.91. The maximum Gasteiger partial charge on any atom is 0.409 e. The Hall–Kier alpha value is -2.88. The van der Waals surface area contributed by atoms with Crippen LogP contribution in [0, 0.1) is 18.3 Å². The molecule has 3 N–H and O–H groups in total. The van der Waals surface area contributed by atoms with Crippen molar-refractivity contribution in [2.45, 2.75) is 98.2 Å². The maximum atomic E-state index is 13.5. The molecule has 0 aliphatic carbocycles. The molecule has 2 unspecified atom stereocenters. The molecule has 2 aliphatic rings. The van der Waals surface area contributed by atoms with Gasteiger partial charge in [-0.05, 0) is 49.3 Å². The minimum atomic E-state index is -1.72. The lowest BCUT2D eigenvalue weighted by atomic mass is 9.71. The zero-order valence-electron chi connectivity index (χ0n) is 26.4. The number of nitrogens with one attached hydrogen (secondary N) is 1. The Balaban J connectivity index is 0.00000287. The van der Waals surface area contributed by atoms with Gasteiger partial charge >= 0.3 is 6.09 Å². The second-order valence-corrected chi connectivity index (χ2v) is 11.6. The molecule has 1 aromatic carbocycles. The highest BCUT2D eigenvalue weighted by atomic mass is 16.6. The lowest BCUT2D eigenvalue weighted by molar-refractivity contribution is -0.143. The van der Waals surface area contributed by atoms with Crippen molar-refractivity contribution in [1.29, 1.82) is 0 Å². The minimum Gasteiger partial charge on any atom is -0.496 e. The van der Waals surface area contributed by atoms with Gasteiger partial charge in [0, 0.05) is 39.0 Å². The van der Waals surface area contributed by atoms with Gasteiger partial charge in [-0.3, -0.25) is 10.1 Å². The van der Waals surface area contributed by atoms with Gasteiger partial charge in [0.05, 0.1) is 18.9 Å². The van der Waals surface area contributed by atoms with E-state index in [4.69, 9.17) is 14.2 Å². The summed E-state index contributed by atoms with van der Waals surface area (Å²) < 4.78 is 16.6. The van der Waals surface area contributed by atoms with Crippen LogP contribution < -0.4 is 15.0 Å². The highest BCUT2D eigenvalue weighted by Gasteiger charge is 2.47. The van der Waals surface area contributed by atoms with E-state index in [0.29, 0.717) is 12.2 Å². The molecule has 9 heteroatoms. The number of hydrogen-bond acceptors (Lipinski definition) is 7. The zero-order chi connectivity index (χ0) is 31.1. The average molecular weight is 575 g/mol. The van der Waals surface area contributed by atoms with Crippen molar-refractivity contribution in [3.8, 4) is 5.75 Å². The topological polar surface area (TPSA) is 118 Å². The Bertz CT molecular complexity index is 1130. The number of aliphatic hydroxyl groups is 2. The van der Waals surface area contributed by atoms with Crippen molar-refractivity contribution in [3.63, 3.8) is 0 Å². The summed E-state index contributed by atoms with van der Waals surface area (Å²) in [5, 5.41) is 25.1. The number of ether oxygens (including phenoxy) is 3. The van der Waals surface area contributed by atoms with Crippen LogP contribution in [0.1, 0.15) is 71.9 Å². The van der Waals surface area contributed by atoms with Crippen LogP contribution in [0.15, 0.2) is 35.9 Å². The van der Waals surface area contributed by atoms with E-state index in [2.05, 4.69) is 5.32 Å². The molecular weight excluding hydrogens is 524 g/mol. The van der Waals surface area contributed by atoms with Crippen LogP contribution >= 0.6 is 0 Å². The molecule has 5 atom stereocenters. The first-order valence-corrected chi connectivity index (χ1v) is 14.4. The number of benzene rings is 1. The number of carbonyl (C=O) groups is 2. The minimum absolute atomic E-state index is 0.0262. The molecule has 2 amide bonds. The summed E-state index contributed by atoms with van der Waals surface area (Å²) in [5.74, 6) is 0.416. The first-order valence-electron chi connectivity index (χ1n) is 14.4. The van der Waals surface area contributed by atoms with Crippen molar-refractivity contribution in [3.05, 3.63) is 47.1 Å². The molecule has 4 bridgehead atoms. The van der Waals surface area contributed by atoms with Gasteiger partial charge < -0.3 is 29.3 Å². The fourth-order valence-corrected chi connectivity index (χ4v) is 5.32. The molecule has 0 spiro atoms. The lowest BCUT2D eigenvalue weighted by Gasteiger charge is -2.43. The largest absolute Gasteiger partial charge is 0.496 e. The Morgan fingerprint density at radius 2 is 1.80 bits per heavy atom. The van der Waals surface area contributed by atoms with E-state index in [1.54, 1.807) is 31.2 Å². The Labute approximate surface area is 245 Å². The molecule has 41 heavy (non-hydrogen) atoms. The van der Waals surface area contributed by atoms with E-state index in [-0.39, 0.29) is 31.1 Å². The normalized spacial score (nSPS) is 31.0. The van der Waals surface area contributed by atoms with Crippen molar-refractivity contribution >= 4 is 17.7 Å². The number of rotatable bonds is 2. The molecule has 1 fully saturated rings. The molecule has 3 rings (SSSR count). The molecule has 2 aliphatic heterocycles. The third-order valence-electron chi connectivity index (χ3n) is 8.45. The summed E-state index contributed by atoms with van der Waals surface area (Å²) in [5.41, 5.74) is 1.25. The molecular formula is C32H50N2O7. The van der Waals surface area contributed by atoms with Crippen molar-refractivity contribution in [2.24, 2.45) is 11.3 Å².